The lowest BCUT2D eigenvalue weighted by atomic mass is 9.96. The van der Waals surface area contributed by atoms with Gasteiger partial charge in [0.2, 0.25) is 15.9 Å². The molecule has 1 aromatic carbocycles. The quantitative estimate of drug-likeness (QED) is 0.798. The van der Waals surface area contributed by atoms with Crippen LogP contribution in [0, 0.1) is 12.8 Å². The molecule has 1 heterocycles. The van der Waals surface area contributed by atoms with Gasteiger partial charge in [-0.3, -0.25) is 4.79 Å². The molecule has 1 fully saturated rings. The Morgan fingerprint density at radius 2 is 1.83 bits per heavy atom. The number of carbonyl (C=O) groups excluding carboxylic acids is 1. The van der Waals surface area contributed by atoms with Crippen molar-refractivity contribution in [3.63, 3.8) is 0 Å². The van der Waals surface area contributed by atoms with Crippen LogP contribution in [-0.2, 0) is 14.8 Å². The highest BCUT2D eigenvalue weighted by Crippen LogP contribution is 2.27. The lowest BCUT2D eigenvalue weighted by molar-refractivity contribution is -0.136. The SMILES string of the molecule is CCN(CC)C(=O)C1CCN(S(=O)(=O)c2ccc(C)c(Cl)c2)CC1. The van der Waals surface area contributed by atoms with Crippen LogP contribution in [0.2, 0.25) is 5.02 Å². The number of hydrogen-bond donors (Lipinski definition) is 0. The molecule has 0 aromatic heterocycles. The number of sulfonamides is 1. The van der Waals surface area contributed by atoms with E-state index in [1.54, 1.807) is 12.1 Å². The van der Waals surface area contributed by atoms with Crippen LogP contribution in [0.15, 0.2) is 23.1 Å². The van der Waals surface area contributed by atoms with Gasteiger partial charge in [-0.05, 0) is 51.3 Å². The van der Waals surface area contributed by atoms with Crippen molar-refractivity contribution >= 4 is 27.5 Å². The van der Waals surface area contributed by atoms with E-state index in [1.807, 2.05) is 25.7 Å². The fraction of sp³-hybridized carbons (Fsp3) is 0.588. The Morgan fingerprint density at radius 1 is 1.25 bits per heavy atom. The molecule has 0 unspecified atom stereocenters. The van der Waals surface area contributed by atoms with Crippen LogP contribution in [-0.4, -0.2) is 49.7 Å². The molecule has 0 spiro atoms. The van der Waals surface area contributed by atoms with Crippen LogP contribution in [0.5, 0.6) is 0 Å². The number of amides is 1. The van der Waals surface area contributed by atoms with Crippen LogP contribution in [0.4, 0.5) is 0 Å². The van der Waals surface area contributed by atoms with Crippen LogP contribution >= 0.6 is 11.6 Å². The average molecular weight is 373 g/mol. The molecule has 0 bridgehead atoms. The van der Waals surface area contributed by atoms with Gasteiger partial charge in [0.05, 0.1) is 4.90 Å². The molecule has 0 radical (unpaired) electrons. The molecule has 0 saturated carbocycles. The molecule has 7 heteroatoms. The molecule has 1 saturated heterocycles. The maximum absolute atomic E-state index is 12.7. The second-order valence-electron chi connectivity index (χ2n) is 6.10. The summed E-state index contributed by atoms with van der Waals surface area (Å²) in [6.45, 7) is 7.87. The number of halogens is 1. The van der Waals surface area contributed by atoms with E-state index in [2.05, 4.69) is 0 Å². The number of carbonyl (C=O) groups is 1. The third-order valence-corrected chi connectivity index (χ3v) is 6.96. The monoisotopic (exact) mass is 372 g/mol. The van der Waals surface area contributed by atoms with E-state index in [-0.39, 0.29) is 16.7 Å². The molecule has 134 valence electrons. The number of hydrogen-bond acceptors (Lipinski definition) is 3. The standard InChI is InChI=1S/C17H25ClN2O3S/c1-4-19(5-2)17(21)14-8-10-20(11-9-14)24(22,23)15-7-6-13(3)16(18)12-15/h6-7,12,14H,4-5,8-11H2,1-3H3. The summed E-state index contributed by atoms with van der Waals surface area (Å²) in [5.41, 5.74) is 0.846. The number of rotatable bonds is 5. The largest absolute Gasteiger partial charge is 0.343 e. The predicted octanol–water partition coefficient (Wildman–Crippen LogP) is 2.92. The second kappa shape index (κ2) is 7.85. The van der Waals surface area contributed by atoms with Crippen molar-refractivity contribution in [3.8, 4) is 0 Å². The summed E-state index contributed by atoms with van der Waals surface area (Å²) in [7, 11) is -3.56. The number of benzene rings is 1. The molecule has 0 aliphatic carbocycles. The first-order valence-corrected chi connectivity index (χ1v) is 10.2. The third kappa shape index (κ3) is 3.92. The zero-order valence-corrected chi connectivity index (χ0v) is 16.0. The van der Waals surface area contributed by atoms with Crippen molar-refractivity contribution in [1.29, 1.82) is 0 Å². The van der Waals surface area contributed by atoms with Crippen molar-refractivity contribution in [2.24, 2.45) is 5.92 Å². The minimum Gasteiger partial charge on any atom is -0.343 e. The zero-order chi connectivity index (χ0) is 17.9. The first kappa shape index (κ1) is 19.2. The van der Waals surface area contributed by atoms with Crippen molar-refractivity contribution in [2.45, 2.75) is 38.5 Å². The number of piperidine rings is 1. The van der Waals surface area contributed by atoms with Gasteiger partial charge in [-0.15, -0.1) is 0 Å². The molecular formula is C17H25ClN2O3S. The van der Waals surface area contributed by atoms with E-state index in [1.165, 1.54) is 10.4 Å². The topological polar surface area (TPSA) is 57.7 Å². The molecule has 1 amide bonds. The number of aryl methyl sites for hydroxylation is 1. The van der Waals surface area contributed by atoms with Gasteiger partial charge in [0, 0.05) is 37.1 Å². The van der Waals surface area contributed by atoms with Gasteiger partial charge < -0.3 is 4.90 Å². The first-order chi connectivity index (χ1) is 11.3. The van der Waals surface area contributed by atoms with Gasteiger partial charge >= 0.3 is 0 Å². The summed E-state index contributed by atoms with van der Waals surface area (Å²) >= 11 is 6.06. The molecule has 1 aromatic rings. The first-order valence-electron chi connectivity index (χ1n) is 8.36. The fourth-order valence-corrected chi connectivity index (χ4v) is 4.76. The Kier molecular flexibility index (Phi) is 6.28. The van der Waals surface area contributed by atoms with Crippen LogP contribution in [0.25, 0.3) is 0 Å². The predicted molar refractivity (Wildman–Crippen MR) is 95.6 cm³/mol. The van der Waals surface area contributed by atoms with E-state index >= 15 is 0 Å². The molecule has 0 N–H and O–H groups in total. The van der Waals surface area contributed by atoms with E-state index in [4.69, 9.17) is 11.6 Å². The summed E-state index contributed by atoms with van der Waals surface area (Å²) < 4.78 is 26.9. The van der Waals surface area contributed by atoms with E-state index in [9.17, 15) is 13.2 Å². The number of nitrogens with zero attached hydrogens (tertiary/aromatic N) is 2. The van der Waals surface area contributed by atoms with Gasteiger partial charge in [0.1, 0.15) is 0 Å². The Balaban J connectivity index is 2.08. The maximum Gasteiger partial charge on any atom is 0.243 e. The molecule has 1 aliphatic heterocycles. The van der Waals surface area contributed by atoms with Crippen molar-refractivity contribution in [3.05, 3.63) is 28.8 Å². The Hall–Kier alpha value is -1.11. The summed E-state index contributed by atoms with van der Waals surface area (Å²) in [6, 6.07) is 4.80. The summed E-state index contributed by atoms with van der Waals surface area (Å²) in [5, 5.41) is 0.447. The van der Waals surface area contributed by atoms with Crippen molar-refractivity contribution in [1.82, 2.24) is 9.21 Å². The summed E-state index contributed by atoms with van der Waals surface area (Å²) in [5.74, 6) is 0.0494. The second-order valence-corrected chi connectivity index (χ2v) is 8.45. The maximum atomic E-state index is 12.7. The van der Waals surface area contributed by atoms with Gasteiger partial charge in [-0.1, -0.05) is 17.7 Å². The molecule has 5 nitrogen and oxygen atoms in total. The van der Waals surface area contributed by atoms with Gasteiger partial charge in [0.25, 0.3) is 0 Å². The van der Waals surface area contributed by atoms with Gasteiger partial charge in [-0.25, -0.2) is 8.42 Å². The Labute approximate surface area is 149 Å². The molecule has 1 aliphatic rings. The fourth-order valence-electron chi connectivity index (χ4n) is 3.02. The lowest BCUT2D eigenvalue weighted by Crippen LogP contribution is -2.44. The highest BCUT2D eigenvalue weighted by Gasteiger charge is 2.33. The van der Waals surface area contributed by atoms with E-state index in [0.717, 1.165) is 5.56 Å². The molecule has 2 rings (SSSR count). The normalized spacial score (nSPS) is 17.0. The van der Waals surface area contributed by atoms with Gasteiger partial charge in [-0.2, -0.15) is 4.31 Å². The minimum atomic E-state index is -3.56. The third-order valence-electron chi connectivity index (χ3n) is 4.66. The highest BCUT2D eigenvalue weighted by molar-refractivity contribution is 7.89. The average Bonchev–Trinajstić information content (AvgIpc) is 2.58. The zero-order valence-electron chi connectivity index (χ0n) is 14.5. The summed E-state index contributed by atoms with van der Waals surface area (Å²) in [4.78, 5) is 14.4. The Morgan fingerprint density at radius 3 is 2.33 bits per heavy atom. The smallest absolute Gasteiger partial charge is 0.243 e. The molecule has 24 heavy (non-hydrogen) atoms. The van der Waals surface area contributed by atoms with Crippen LogP contribution in [0.3, 0.4) is 0 Å². The minimum absolute atomic E-state index is 0.0852. The van der Waals surface area contributed by atoms with Crippen molar-refractivity contribution < 1.29 is 13.2 Å². The highest BCUT2D eigenvalue weighted by atomic mass is 35.5. The Bertz CT molecular complexity index is 694. The molecular weight excluding hydrogens is 348 g/mol. The molecule has 0 atom stereocenters. The lowest BCUT2D eigenvalue weighted by Gasteiger charge is -2.33. The van der Waals surface area contributed by atoms with Crippen LogP contribution < -0.4 is 0 Å². The van der Waals surface area contributed by atoms with E-state index < -0.39 is 10.0 Å². The van der Waals surface area contributed by atoms with E-state index in [0.29, 0.717) is 44.0 Å². The van der Waals surface area contributed by atoms with Crippen LogP contribution in [0.1, 0.15) is 32.3 Å². The summed E-state index contributed by atoms with van der Waals surface area (Å²) in [6.07, 6.45) is 1.13. The van der Waals surface area contributed by atoms with Crippen molar-refractivity contribution in [2.75, 3.05) is 26.2 Å². The van der Waals surface area contributed by atoms with Gasteiger partial charge in [0.15, 0.2) is 0 Å².